The van der Waals surface area contributed by atoms with Crippen molar-refractivity contribution in [2.24, 2.45) is 0 Å². The lowest BCUT2D eigenvalue weighted by atomic mass is 9.95. The quantitative estimate of drug-likeness (QED) is 0.338. The maximum Gasteiger partial charge on any atom is 0.303 e. The van der Waals surface area contributed by atoms with Crippen LogP contribution in [0.5, 0.6) is 11.5 Å². The van der Waals surface area contributed by atoms with Crippen molar-refractivity contribution in [2.75, 3.05) is 13.7 Å². The van der Waals surface area contributed by atoms with Crippen molar-refractivity contribution in [2.45, 2.75) is 31.7 Å². The molecule has 0 spiro atoms. The van der Waals surface area contributed by atoms with Gasteiger partial charge in [-0.25, -0.2) is 0 Å². The molecule has 0 unspecified atom stereocenters. The molecule has 0 aliphatic carbocycles. The normalized spacial score (nSPS) is 15.9. The Morgan fingerprint density at radius 3 is 2.47 bits per heavy atom. The number of aliphatic hydroxyl groups excluding tert-OH is 1. The van der Waals surface area contributed by atoms with E-state index in [4.69, 9.17) is 9.84 Å². The van der Waals surface area contributed by atoms with Crippen LogP contribution >= 0.6 is 0 Å². The standard InChI is InChI=1S/C26H27NO7/c1-34-21-16-18(12-14-19(21)28)24-23(20(29)13-11-17-8-4-2-5-9-17)25(32)26(33)27(24)15-7-3-6-10-22(30)31/h2,4-5,8-9,11-14,16,24,28,32H,3,6-7,10,15H2,1H3,(H,30,31)/b13-11+/t24-/m0/s1. The second-order valence-corrected chi connectivity index (χ2v) is 7.91. The lowest BCUT2D eigenvalue weighted by Gasteiger charge is -2.27. The SMILES string of the molecule is COc1cc([C@H]2C(C(=O)/C=C/c3ccccc3)=C(O)C(=O)N2CCCCCC(=O)O)ccc1O. The molecule has 2 aromatic rings. The minimum Gasteiger partial charge on any atom is -0.504 e. The number of phenolic OH excluding ortho intramolecular Hbond substituents is 1. The number of aliphatic carboxylic acids is 1. The summed E-state index contributed by atoms with van der Waals surface area (Å²) in [6.45, 7) is 0.218. The van der Waals surface area contributed by atoms with Crippen LogP contribution in [-0.2, 0) is 14.4 Å². The summed E-state index contributed by atoms with van der Waals surface area (Å²) in [6.07, 6.45) is 4.48. The molecule has 3 N–H and O–H groups in total. The number of hydrogen-bond donors (Lipinski definition) is 3. The molecular weight excluding hydrogens is 438 g/mol. The number of aliphatic hydroxyl groups is 1. The van der Waals surface area contributed by atoms with Crippen molar-refractivity contribution in [3.05, 3.63) is 77.1 Å². The van der Waals surface area contributed by atoms with Gasteiger partial charge in [0.15, 0.2) is 23.0 Å². The molecule has 178 valence electrons. The Morgan fingerprint density at radius 2 is 1.79 bits per heavy atom. The largest absolute Gasteiger partial charge is 0.504 e. The number of ketones is 1. The number of hydrogen-bond acceptors (Lipinski definition) is 6. The second-order valence-electron chi connectivity index (χ2n) is 7.91. The van der Waals surface area contributed by atoms with Crippen molar-refractivity contribution in [1.82, 2.24) is 4.90 Å². The lowest BCUT2D eigenvalue weighted by Crippen LogP contribution is -2.32. The Labute approximate surface area is 197 Å². The average molecular weight is 466 g/mol. The van der Waals surface area contributed by atoms with Gasteiger partial charge in [-0.3, -0.25) is 14.4 Å². The van der Waals surface area contributed by atoms with Gasteiger partial charge in [-0.15, -0.1) is 0 Å². The fraction of sp³-hybridized carbons (Fsp3) is 0.269. The summed E-state index contributed by atoms with van der Waals surface area (Å²) in [6, 6.07) is 12.8. The molecule has 8 nitrogen and oxygen atoms in total. The Bertz CT molecular complexity index is 1120. The van der Waals surface area contributed by atoms with Gasteiger partial charge in [0.25, 0.3) is 5.91 Å². The number of ether oxygens (including phenoxy) is 1. The molecule has 34 heavy (non-hydrogen) atoms. The molecule has 3 rings (SSSR count). The van der Waals surface area contributed by atoms with Gasteiger partial charge in [-0.05, 0) is 42.2 Å². The van der Waals surface area contributed by atoms with Crippen molar-refractivity contribution < 1.29 is 34.4 Å². The van der Waals surface area contributed by atoms with Gasteiger partial charge in [0, 0.05) is 13.0 Å². The maximum atomic E-state index is 13.1. The number of carboxylic acid groups (broad SMARTS) is 1. The number of phenols is 1. The number of amides is 1. The Hall–Kier alpha value is -4.07. The fourth-order valence-electron chi connectivity index (χ4n) is 3.91. The Morgan fingerprint density at radius 1 is 1.06 bits per heavy atom. The minimum atomic E-state index is -0.885. The van der Waals surface area contributed by atoms with Crippen LogP contribution in [0.1, 0.15) is 42.9 Å². The highest BCUT2D eigenvalue weighted by atomic mass is 16.5. The molecule has 0 aromatic heterocycles. The van der Waals surface area contributed by atoms with E-state index in [1.165, 1.54) is 30.2 Å². The Kier molecular flexibility index (Phi) is 8.08. The number of methoxy groups -OCH3 is 1. The number of nitrogens with zero attached hydrogens (tertiary/aromatic N) is 1. The predicted octanol–water partition coefficient (Wildman–Crippen LogP) is 4.02. The molecule has 0 saturated carbocycles. The molecule has 1 atom stereocenters. The minimum absolute atomic E-state index is 0.0318. The van der Waals surface area contributed by atoms with E-state index in [1.807, 2.05) is 30.3 Å². The third-order valence-electron chi connectivity index (χ3n) is 5.61. The van der Waals surface area contributed by atoms with Crippen molar-refractivity contribution >= 4 is 23.7 Å². The number of rotatable bonds is 11. The maximum absolute atomic E-state index is 13.1. The molecule has 1 aliphatic rings. The first-order valence-corrected chi connectivity index (χ1v) is 10.9. The molecule has 2 aromatic carbocycles. The summed E-state index contributed by atoms with van der Waals surface area (Å²) in [5.41, 5.74) is 1.22. The van der Waals surface area contributed by atoms with Crippen LogP contribution in [0.25, 0.3) is 6.08 Å². The molecule has 1 amide bonds. The van der Waals surface area contributed by atoms with Crippen molar-refractivity contribution in [3.8, 4) is 11.5 Å². The first-order valence-electron chi connectivity index (χ1n) is 10.9. The highest BCUT2D eigenvalue weighted by Crippen LogP contribution is 2.40. The van der Waals surface area contributed by atoms with Crippen LogP contribution in [0.15, 0.2) is 65.9 Å². The van der Waals surface area contributed by atoms with Crippen LogP contribution < -0.4 is 4.74 Å². The second kappa shape index (κ2) is 11.2. The zero-order valence-corrected chi connectivity index (χ0v) is 18.8. The van der Waals surface area contributed by atoms with E-state index in [1.54, 1.807) is 12.1 Å². The van der Waals surface area contributed by atoms with Gasteiger partial charge in [-0.1, -0.05) is 48.9 Å². The third-order valence-corrected chi connectivity index (χ3v) is 5.61. The smallest absolute Gasteiger partial charge is 0.303 e. The molecule has 1 aliphatic heterocycles. The van der Waals surface area contributed by atoms with Gasteiger partial charge in [0.1, 0.15) is 0 Å². The molecule has 0 fully saturated rings. The first kappa shape index (κ1) is 24.6. The van der Waals surface area contributed by atoms with Crippen LogP contribution in [0.3, 0.4) is 0 Å². The van der Waals surface area contributed by atoms with Crippen molar-refractivity contribution in [3.63, 3.8) is 0 Å². The predicted molar refractivity (Wildman–Crippen MR) is 125 cm³/mol. The van der Waals surface area contributed by atoms with E-state index >= 15 is 0 Å². The number of carbonyl (C=O) groups excluding carboxylic acids is 2. The summed E-state index contributed by atoms with van der Waals surface area (Å²) >= 11 is 0. The fourth-order valence-corrected chi connectivity index (χ4v) is 3.91. The van der Waals surface area contributed by atoms with Gasteiger partial charge in [-0.2, -0.15) is 0 Å². The Balaban J connectivity index is 1.91. The topological polar surface area (TPSA) is 124 Å². The molecule has 0 saturated heterocycles. The first-order chi connectivity index (χ1) is 16.3. The number of allylic oxidation sites excluding steroid dienone is 1. The summed E-state index contributed by atoms with van der Waals surface area (Å²) < 4.78 is 5.18. The molecular formula is C26H27NO7. The van der Waals surface area contributed by atoms with Gasteiger partial charge in [0.2, 0.25) is 0 Å². The summed E-state index contributed by atoms with van der Waals surface area (Å²) in [4.78, 5) is 38.2. The average Bonchev–Trinajstić information content (AvgIpc) is 3.08. The summed E-state index contributed by atoms with van der Waals surface area (Å²) in [7, 11) is 1.39. The number of aromatic hydroxyl groups is 1. The van der Waals surface area contributed by atoms with Crippen LogP contribution in [0.2, 0.25) is 0 Å². The number of carboxylic acids is 1. The molecule has 8 heteroatoms. The van der Waals surface area contributed by atoms with E-state index < -0.39 is 29.5 Å². The van der Waals surface area contributed by atoms with E-state index in [2.05, 4.69) is 0 Å². The van der Waals surface area contributed by atoms with E-state index in [0.717, 1.165) is 5.56 Å². The highest BCUT2D eigenvalue weighted by molar-refractivity contribution is 6.14. The van der Waals surface area contributed by atoms with Crippen LogP contribution in [-0.4, -0.2) is 51.5 Å². The lowest BCUT2D eigenvalue weighted by molar-refractivity contribution is -0.137. The van der Waals surface area contributed by atoms with Crippen LogP contribution in [0.4, 0.5) is 0 Å². The van der Waals surface area contributed by atoms with E-state index in [-0.39, 0.29) is 30.0 Å². The number of unbranched alkanes of at least 4 members (excludes halogenated alkanes) is 2. The van der Waals surface area contributed by atoms with Gasteiger partial charge < -0.3 is 25.0 Å². The molecule has 0 bridgehead atoms. The van der Waals surface area contributed by atoms with Crippen molar-refractivity contribution in [1.29, 1.82) is 0 Å². The zero-order chi connectivity index (χ0) is 24.7. The van der Waals surface area contributed by atoms with Crippen LogP contribution in [0, 0.1) is 0 Å². The molecule has 1 heterocycles. The highest BCUT2D eigenvalue weighted by Gasteiger charge is 2.42. The molecule has 0 radical (unpaired) electrons. The van der Waals surface area contributed by atoms with E-state index in [9.17, 15) is 24.6 Å². The van der Waals surface area contributed by atoms with Gasteiger partial charge in [0.05, 0.1) is 18.7 Å². The third kappa shape index (κ3) is 5.64. The summed E-state index contributed by atoms with van der Waals surface area (Å²) in [5, 5.41) is 29.5. The zero-order valence-electron chi connectivity index (χ0n) is 18.8. The number of carbonyl (C=O) groups is 3. The summed E-state index contributed by atoms with van der Waals surface area (Å²) in [5.74, 6) is -2.62. The van der Waals surface area contributed by atoms with Gasteiger partial charge >= 0.3 is 5.97 Å². The van der Waals surface area contributed by atoms with E-state index in [0.29, 0.717) is 24.8 Å². The monoisotopic (exact) mass is 465 g/mol. The number of benzene rings is 2.